The highest BCUT2D eigenvalue weighted by molar-refractivity contribution is 7.78. The Morgan fingerprint density at radius 3 is 2.78 bits per heavy atom. The van der Waals surface area contributed by atoms with Crippen molar-refractivity contribution in [2.24, 2.45) is 4.99 Å². The Bertz CT molecular complexity index is 140. The first kappa shape index (κ1) is 6.87. The highest BCUT2D eigenvalue weighted by Crippen LogP contribution is 2.25. The van der Waals surface area contributed by atoms with Crippen LogP contribution in [0.4, 0.5) is 0 Å². The molecular weight excluding hydrogens is 134 g/mol. The number of thiocarbonyl (C=S) groups is 1. The highest BCUT2D eigenvalue weighted by atomic mass is 32.1. The van der Waals surface area contributed by atoms with Crippen molar-refractivity contribution in [1.29, 1.82) is 0 Å². The van der Waals surface area contributed by atoms with Crippen LogP contribution in [0.5, 0.6) is 0 Å². The number of hydrogen-bond donors (Lipinski definition) is 0. The molecule has 0 aromatic rings. The lowest BCUT2D eigenvalue weighted by atomic mass is 9.90. The van der Waals surface area contributed by atoms with E-state index in [1.54, 1.807) is 7.11 Å². The number of hydrogen-bond acceptors (Lipinski definition) is 3. The Hall–Kier alpha value is -0.240. The Kier molecular flexibility index (Phi) is 2.34. The van der Waals surface area contributed by atoms with E-state index in [2.05, 4.69) is 22.4 Å². The van der Waals surface area contributed by atoms with Crippen molar-refractivity contribution in [3.63, 3.8) is 0 Å². The molecule has 1 rings (SSSR count). The average molecular weight is 143 g/mol. The summed E-state index contributed by atoms with van der Waals surface area (Å²) in [7, 11) is 1.70. The number of rotatable bonds is 2. The lowest BCUT2D eigenvalue weighted by Crippen LogP contribution is -2.36. The predicted molar refractivity (Wildman–Crippen MR) is 38.8 cm³/mol. The van der Waals surface area contributed by atoms with Gasteiger partial charge in [-0.1, -0.05) is 0 Å². The number of nitrogens with zero attached hydrogens (tertiary/aromatic N) is 1. The van der Waals surface area contributed by atoms with E-state index in [-0.39, 0.29) is 0 Å². The Morgan fingerprint density at radius 2 is 2.44 bits per heavy atom. The smallest absolute Gasteiger partial charge is 0.0865 e. The van der Waals surface area contributed by atoms with Crippen LogP contribution in [-0.4, -0.2) is 24.4 Å². The predicted octanol–water partition coefficient (Wildman–Crippen LogP) is 1.27. The van der Waals surface area contributed by atoms with Crippen molar-refractivity contribution in [3.8, 4) is 0 Å². The first-order valence-corrected chi connectivity index (χ1v) is 3.39. The molecular formula is C6H9NOS. The number of aliphatic imine (C=N–C) groups is 1. The third kappa shape index (κ3) is 1.36. The lowest BCUT2D eigenvalue weighted by molar-refractivity contribution is 0.0225. The van der Waals surface area contributed by atoms with Gasteiger partial charge in [-0.2, -0.15) is 0 Å². The second kappa shape index (κ2) is 3.06. The molecule has 0 unspecified atom stereocenters. The second-order valence-corrected chi connectivity index (χ2v) is 2.32. The van der Waals surface area contributed by atoms with Crippen LogP contribution in [0.3, 0.4) is 0 Å². The normalized spacial score (nSPS) is 32.6. The number of methoxy groups -OCH3 is 1. The SMILES string of the molecule is CO[C@H]1CC[C@@H]1N=C=S. The zero-order chi connectivity index (χ0) is 6.69. The largest absolute Gasteiger partial charge is 0.379 e. The Morgan fingerprint density at radius 1 is 1.67 bits per heavy atom. The minimum absolute atomic E-state index is 0.299. The fourth-order valence-corrected chi connectivity index (χ4v) is 1.08. The first-order valence-electron chi connectivity index (χ1n) is 2.98. The van der Waals surface area contributed by atoms with Crippen molar-refractivity contribution in [1.82, 2.24) is 0 Å². The summed E-state index contributed by atoms with van der Waals surface area (Å²) < 4.78 is 5.07. The van der Waals surface area contributed by atoms with Crippen LogP contribution in [-0.2, 0) is 4.74 Å². The van der Waals surface area contributed by atoms with E-state index in [0.717, 1.165) is 12.8 Å². The van der Waals surface area contributed by atoms with Crippen molar-refractivity contribution < 1.29 is 4.74 Å². The molecule has 2 nitrogen and oxygen atoms in total. The van der Waals surface area contributed by atoms with Gasteiger partial charge in [0.1, 0.15) is 0 Å². The average Bonchev–Trinajstić information content (AvgIpc) is 1.82. The molecule has 1 aliphatic carbocycles. The first-order chi connectivity index (χ1) is 4.38. The molecule has 0 N–H and O–H groups in total. The molecule has 0 saturated heterocycles. The van der Waals surface area contributed by atoms with Gasteiger partial charge in [0.15, 0.2) is 0 Å². The monoisotopic (exact) mass is 143 g/mol. The maximum atomic E-state index is 5.07. The molecule has 1 aliphatic rings. The summed E-state index contributed by atoms with van der Waals surface area (Å²) in [5, 5.41) is 2.36. The van der Waals surface area contributed by atoms with Gasteiger partial charge in [0, 0.05) is 7.11 Å². The fourth-order valence-electron chi connectivity index (χ4n) is 0.942. The molecule has 0 bridgehead atoms. The lowest BCUT2D eigenvalue weighted by Gasteiger charge is -2.30. The van der Waals surface area contributed by atoms with Gasteiger partial charge in [0.2, 0.25) is 0 Å². The van der Waals surface area contributed by atoms with Gasteiger partial charge >= 0.3 is 0 Å². The fraction of sp³-hybridized carbons (Fsp3) is 0.833. The van der Waals surface area contributed by atoms with Crippen LogP contribution in [0.2, 0.25) is 0 Å². The van der Waals surface area contributed by atoms with E-state index in [9.17, 15) is 0 Å². The molecule has 0 amide bonds. The zero-order valence-corrected chi connectivity index (χ0v) is 6.15. The van der Waals surface area contributed by atoms with Crippen molar-refractivity contribution in [3.05, 3.63) is 0 Å². The van der Waals surface area contributed by atoms with Gasteiger partial charge in [0.05, 0.1) is 17.3 Å². The van der Waals surface area contributed by atoms with Crippen LogP contribution in [0, 0.1) is 0 Å². The van der Waals surface area contributed by atoms with Gasteiger partial charge in [-0.05, 0) is 25.1 Å². The van der Waals surface area contributed by atoms with Crippen LogP contribution >= 0.6 is 12.2 Å². The van der Waals surface area contributed by atoms with Crippen molar-refractivity contribution in [2.45, 2.75) is 25.0 Å². The van der Waals surface area contributed by atoms with E-state index < -0.39 is 0 Å². The summed E-state index contributed by atoms with van der Waals surface area (Å²) in [6, 6.07) is 0.299. The minimum atomic E-state index is 0.299. The van der Waals surface area contributed by atoms with Crippen LogP contribution in [0.1, 0.15) is 12.8 Å². The van der Waals surface area contributed by atoms with E-state index in [1.807, 2.05) is 0 Å². The second-order valence-electron chi connectivity index (χ2n) is 2.14. The molecule has 9 heavy (non-hydrogen) atoms. The standard InChI is InChI=1S/C6H9NOS/c1-8-6-3-2-5(6)7-4-9/h5-6H,2-3H2,1H3/t5-,6-/m0/s1. The van der Waals surface area contributed by atoms with Crippen LogP contribution in [0.25, 0.3) is 0 Å². The van der Waals surface area contributed by atoms with Gasteiger partial charge in [-0.15, -0.1) is 0 Å². The highest BCUT2D eigenvalue weighted by Gasteiger charge is 2.29. The molecule has 0 heterocycles. The quantitative estimate of drug-likeness (QED) is 0.429. The maximum absolute atomic E-state index is 5.07. The minimum Gasteiger partial charge on any atom is -0.379 e. The van der Waals surface area contributed by atoms with Gasteiger partial charge in [-0.3, -0.25) is 0 Å². The summed E-state index contributed by atoms with van der Waals surface area (Å²) >= 11 is 4.46. The molecule has 50 valence electrons. The van der Waals surface area contributed by atoms with E-state index >= 15 is 0 Å². The molecule has 0 aromatic carbocycles. The molecule has 0 aliphatic heterocycles. The van der Waals surface area contributed by atoms with Gasteiger partial charge < -0.3 is 4.74 Å². The molecule has 0 aromatic heterocycles. The molecule has 0 radical (unpaired) electrons. The number of ether oxygens (including phenoxy) is 1. The van der Waals surface area contributed by atoms with E-state index in [4.69, 9.17) is 4.74 Å². The Balaban J connectivity index is 2.35. The third-order valence-electron chi connectivity index (χ3n) is 1.70. The Labute approximate surface area is 59.9 Å². The maximum Gasteiger partial charge on any atom is 0.0865 e. The molecule has 2 atom stereocenters. The molecule has 3 heteroatoms. The van der Waals surface area contributed by atoms with Gasteiger partial charge in [-0.25, -0.2) is 4.99 Å². The van der Waals surface area contributed by atoms with Crippen molar-refractivity contribution in [2.75, 3.05) is 7.11 Å². The van der Waals surface area contributed by atoms with Crippen LogP contribution in [0.15, 0.2) is 4.99 Å². The zero-order valence-electron chi connectivity index (χ0n) is 5.33. The summed E-state index contributed by atoms with van der Waals surface area (Å²) in [6.45, 7) is 0. The summed E-state index contributed by atoms with van der Waals surface area (Å²) in [5.74, 6) is 0. The molecule has 1 fully saturated rings. The van der Waals surface area contributed by atoms with E-state index in [1.165, 1.54) is 0 Å². The van der Waals surface area contributed by atoms with E-state index in [0.29, 0.717) is 12.1 Å². The summed E-state index contributed by atoms with van der Waals surface area (Å²) in [6.07, 6.45) is 2.52. The molecule has 1 saturated carbocycles. The number of isothiocyanates is 1. The van der Waals surface area contributed by atoms with Crippen molar-refractivity contribution >= 4 is 17.4 Å². The van der Waals surface area contributed by atoms with Crippen LogP contribution < -0.4 is 0 Å². The summed E-state index contributed by atoms with van der Waals surface area (Å²) in [4.78, 5) is 3.92. The third-order valence-corrected chi connectivity index (χ3v) is 1.80. The topological polar surface area (TPSA) is 21.6 Å². The summed E-state index contributed by atoms with van der Waals surface area (Å²) in [5.41, 5.74) is 0. The van der Waals surface area contributed by atoms with Gasteiger partial charge in [0.25, 0.3) is 0 Å². The molecule has 0 spiro atoms.